The Morgan fingerprint density at radius 1 is 1.48 bits per heavy atom. The minimum atomic E-state index is -2.10. The first-order chi connectivity index (χ1) is 9.84. The zero-order valence-electron chi connectivity index (χ0n) is 11.1. The number of nitrogens with zero attached hydrogens (tertiary/aromatic N) is 3. The lowest BCUT2D eigenvalue weighted by molar-refractivity contribution is -0.153. The molecule has 2 rings (SSSR count). The average Bonchev–Trinajstić information content (AvgIpc) is 2.89. The molecule has 21 heavy (non-hydrogen) atoms. The molecule has 0 amide bonds. The van der Waals surface area contributed by atoms with Gasteiger partial charge >= 0.3 is 5.97 Å². The van der Waals surface area contributed by atoms with Crippen LogP contribution in [0.5, 0.6) is 0 Å². The summed E-state index contributed by atoms with van der Waals surface area (Å²) < 4.78 is 28.1. The van der Waals surface area contributed by atoms with E-state index < -0.39 is 29.1 Å². The summed E-state index contributed by atoms with van der Waals surface area (Å²) in [5.41, 5.74) is -2.41. The van der Waals surface area contributed by atoms with Crippen LogP contribution in [0.15, 0.2) is 30.9 Å². The van der Waals surface area contributed by atoms with Crippen LogP contribution in [0.4, 0.5) is 8.78 Å². The van der Waals surface area contributed by atoms with Crippen molar-refractivity contribution in [3.05, 3.63) is 48.1 Å². The highest BCUT2D eigenvalue weighted by Crippen LogP contribution is 2.33. The normalized spacial score (nSPS) is 15.4. The molecule has 0 aliphatic carbocycles. The van der Waals surface area contributed by atoms with E-state index in [2.05, 4.69) is 10.1 Å². The molecule has 2 atom stereocenters. The van der Waals surface area contributed by atoms with Crippen molar-refractivity contribution in [1.82, 2.24) is 14.8 Å². The quantitative estimate of drug-likeness (QED) is 0.864. The van der Waals surface area contributed by atoms with E-state index in [4.69, 9.17) is 5.11 Å². The van der Waals surface area contributed by atoms with Crippen LogP contribution in [0.1, 0.15) is 12.5 Å². The third-order valence-corrected chi connectivity index (χ3v) is 3.35. The summed E-state index contributed by atoms with van der Waals surface area (Å²) in [6.07, 6.45) is 2.47. The number of carboxylic acids is 1. The smallest absolute Gasteiger partial charge is 0.309 e. The monoisotopic (exact) mass is 297 g/mol. The molecule has 1 aromatic carbocycles. The van der Waals surface area contributed by atoms with Gasteiger partial charge in [0.15, 0.2) is 0 Å². The highest BCUT2D eigenvalue weighted by molar-refractivity contribution is 5.71. The van der Waals surface area contributed by atoms with Crippen molar-refractivity contribution in [3.63, 3.8) is 0 Å². The van der Waals surface area contributed by atoms with Gasteiger partial charge in [0.2, 0.25) is 0 Å². The second kappa shape index (κ2) is 5.57. The maximum absolute atomic E-state index is 14.0. The van der Waals surface area contributed by atoms with Gasteiger partial charge in [0, 0.05) is 11.6 Å². The molecule has 112 valence electrons. The van der Waals surface area contributed by atoms with E-state index >= 15 is 0 Å². The van der Waals surface area contributed by atoms with Gasteiger partial charge in [-0.25, -0.2) is 18.4 Å². The first-order valence-electron chi connectivity index (χ1n) is 6.07. The molecule has 0 spiro atoms. The summed E-state index contributed by atoms with van der Waals surface area (Å²) in [6.45, 7) is 0.908. The molecule has 0 radical (unpaired) electrons. The van der Waals surface area contributed by atoms with Gasteiger partial charge in [-0.1, -0.05) is 6.07 Å². The Kier molecular flexibility index (Phi) is 3.99. The first kappa shape index (κ1) is 15.0. The first-order valence-corrected chi connectivity index (χ1v) is 6.07. The molecule has 0 fully saturated rings. The Labute approximate surface area is 118 Å². The molecule has 0 unspecified atom stereocenters. The molecule has 0 saturated heterocycles. The van der Waals surface area contributed by atoms with Crippen molar-refractivity contribution in [2.45, 2.75) is 19.1 Å². The van der Waals surface area contributed by atoms with Crippen molar-refractivity contribution in [2.75, 3.05) is 0 Å². The van der Waals surface area contributed by atoms with Crippen molar-refractivity contribution in [3.8, 4) is 0 Å². The molecule has 1 aromatic heterocycles. The third kappa shape index (κ3) is 2.89. The minimum absolute atomic E-state index is 0.311. The molecule has 0 bridgehead atoms. The summed E-state index contributed by atoms with van der Waals surface area (Å²) in [6, 6.07) is 2.58. The van der Waals surface area contributed by atoms with Crippen LogP contribution in [-0.4, -0.2) is 30.9 Å². The van der Waals surface area contributed by atoms with E-state index in [1.807, 2.05) is 0 Å². The predicted octanol–water partition coefficient (Wildman–Crippen LogP) is 1.16. The number of hydrogen-bond acceptors (Lipinski definition) is 4. The molecular formula is C13H13F2N3O3. The Hall–Kier alpha value is -2.35. The fourth-order valence-electron chi connectivity index (χ4n) is 2.06. The van der Waals surface area contributed by atoms with E-state index in [9.17, 15) is 18.7 Å². The summed E-state index contributed by atoms with van der Waals surface area (Å²) >= 11 is 0. The second-order valence-electron chi connectivity index (χ2n) is 4.70. The average molecular weight is 297 g/mol. The SMILES string of the molecule is C[C@H](C(=O)O)[C@](O)(Cn1cncn1)c1ccc(F)cc1F. The number of aliphatic carboxylic acids is 1. The standard InChI is InChI=1S/C13H13F2N3O3/c1-8(12(19)20)13(21,5-18-7-16-6-17-18)10-3-2-9(14)4-11(10)15/h2-4,6-8,21H,5H2,1H3,(H,19,20)/t8-,13-/m1/s1. The molecular weight excluding hydrogens is 284 g/mol. The van der Waals surface area contributed by atoms with Crippen LogP contribution in [-0.2, 0) is 16.9 Å². The molecule has 1 heterocycles. The fraction of sp³-hybridized carbons (Fsp3) is 0.308. The Morgan fingerprint density at radius 3 is 2.71 bits per heavy atom. The highest BCUT2D eigenvalue weighted by atomic mass is 19.1. The number of benzene rings is 1. The maximum atomic E-state index is 14.0. The molecule has 6 nitrogen and oxygen atoms in total. The van der Waals surface area contributed by atoms with Crippen molar-refractivity contribution in [2.24, 2.45) is 5.92 Å². The Morgan fingerprint density at radius 2 is 2.19 bits per heavy atom. The van der Waals surface area contributed by atoms with Crippen LogP contribution >= 0.6 is 0 Å². The summed E-state index contributed by atoms with van der Waals surface area (Å²) in [7, 11) is 0. The number of aromatic nitrogens is 3. The molecule has 0 aliphatic rings. The summed E-state index contributed by atoms with van der Waals surface area (Å²) in [5.74, 6) is -4.50. The van der Waals surface area contributed by atoms with Gasteiger partial charge in [-0.05, 0) is 13.0 Å². The fourth-order valence-corrected chi connectivity index (χ4v) is 2.06. The molecule has 0 aliphatic heterocycles. The zero-order valence-corrected chi connectivity index (χ0v) is 11.1. The summed E-state index contributed by atoms with van der Waals surface area (Å²) in [4.78, 5) is 14.9. The van der Waals surface area contributed by atoms with E-state index in [1.165, 1.54) is 24.3 Å². The molecule has 8 heteroatoms. The summed E-state index contributed by atoms with van der Waals surface area (Å²) in [5, 5.41) is 23.7. The van der Waals surface area contributed by atoms with Gasteiger partial charge in [-0.15, -0.1) is 0 Å². The van der Waals surface area contributed by atoms with Crippen LogP contribution in [0, 0.1) is 17.6 Å². The molecule has 2 N–H and O–H groups in total. The molecule has 0 saturated carbocycles. The van der Waals surface area contributed by atoms with Gasteiger partial charge < -0.3 is 10.2 Å². The van der Waals surface area contributed by atoms with Gasteiger partial charge in [0.1, 0.15) is 29.9 Å². The lowest BCUT2D eigenvalue weighted by atomic mass is 9.81. The Balaban J connectivity index is 2.51. The van der Waals surface area contributed by atoms with Gasteiger partial charge in [-0.3, -0.25) is 4.79 Å². The van der Waals surface area contributed by atoms with Crippen LogP contribution < -0.4 is 0 Å². The van der Waals surface area contributed by atoms with E-state index in [0.29, 0.717) is 6.07 Å². The van der Waals surface area contributed by atoms with Crippen LogP contribution in [0.2, 0.25) is 0 Å². The number of hydrogen-bond donors (Lipinski definition) is 2. The minimum Gasteiger partial charge on any atom is -0.481 e. The van der Waals surface area contributed by atoms with E-state index in [-0.39, 0.29) is 12.1 Å². The van der Waals surface area contributed by atoms with Crippen LogP contribution in [0.25, 0.3) is 0 Å². The number of halogens is 2. The predicted molar refractivity (Wildman–Crippen MR) is 67.1 cm³/mol. The van der Waals surface area contributed by atoms with Crippen molar-refractivity contribution in [1.29, 1.82) is 0 Å². The largest absolute Gasteiger partial charge is 0.481 e. The van der Waals surface area contributed by atoms with E-state index in [0.717, 1.165) is 12.1 Å². The number of rotatable bonds is 5. The van der Waals surface area contributed by atoms with Crippen molar-refractivity contribution < 1.29 is 23.8 Å². The third-order valence-electron chi connectivity index (χ3n) is 3.35. The maximum Gasteiger partial charge on any atom is 0.309 e. The number of carboxylic acid groups (broad SMARTS) is 1. The zero-order chi connectivity index (χ0) is 15.6. The highest BCUT2D eigenvalue weighted by Gasteiger charge is 2.42. The molecule has 2 aromatic rings. The van der Waals surface area contributed by atoms with E-state index in [1.54, 1.807) is 0 Å². The lowest BCUT2D eigenvalue weighted by Gasteiger charge is -2.32. The van der Waals surface area contributed by atoms with Crippen molar-refractivity contribution >= 4 is 5.97 Å². The van der Waals surface area contributed by atoms with Crippen LogP contribution in [0.3, 0.4) is 0 Å². The van der Waals surface area contributed by atoms with Gasteiger partial charge in [0.25, 0.3) is 0 Å². The topological polar surface area (TPSA) is 88.2 Å². The second-order valence-corrected chi connectivity index (χ2v) is 4.70. The number of carbonyl (C=O) groups is 1. The van der Waals surface area contributed by atoms with Gasteiger partial charge in [-0.2, -0.15) is 5.10 Å². The Bertz CT molecular complexity index is 648. The number of aliphatic hydroxyl groups is 1. The lowest BCUT2D eigenvalue weighted by Crippen LogP contribution is -2.42. The van der Waals surface area contributed by atoms with Gasteiger partial charge in [0.05, 0.1) is 12.5 Å².